The van der Waals surface area contributed by atoms with E-state index in [4.69, 9.17) is 27.9 Å². The second kappa shape index (κ2) is 4.83. The van der Waals surface area contributed by atoms with E-state index >= 15 is 0 Å². The lowest BCUT2D eigenvalue weighted by atomic mass is 10.1. The Morgan fingerprint density at radius 2 is 2.00 bits per heavy atom. The Morgan fingerprint density at radius 1 is 1.14 bits per heavy atom. The normalized spacial score (nSPS) is 13.6. The Labute approximate surface area is 131 Å². The van der Waals surface area contributed by atoms with E-state index in [1.165, 1.54) is 0 Å². The van der Waals surface area contributed by atoms with Crippen molar-refractivity contribution in [2.24, 2.45) is 0 Å². The molecule has 2 aromatic carbocycles. The van der Waals surface area contributed by atoms with E-state index in [1.807, 2.05) is 18.2 Å². The van der Waals surface area contributed by atoms with Crippen molar-refractivity contribution in [1.29, 1.82) is 0 Å². The summed E-state index contributed by atoms with van der Waals surface area (Å²) < 4.78 is 5.78. The average Bonchev–Trinajstić information content (AvgIpc) is 2.90. The van der Waals surface area contributed by atoms with Gasteiger partial charge in [-0.3, -0.25) is 0 Å². The average molecular weight is 320 g/mol. The van der Waals surface area contributed by atoms with Gasteiger partial charge in [0.2, 0.25) is 0 Å². The molecule has 0 amide bonds. The van der Waals surface area contributed by atoms with Gasteiger partial charge in [-0.1, -0.05) is 29.3 Å². The molecule has 1 aromatic heterocycles. The predicted molar refractivity (Wildman–Crippen MR) is 85.5 cm³/mol. The number of halogens is 2. The highest BCUT2D eigenvalue weighted by atomic mass is 35.5. The maximum atomic E-state index is 6.04. The predicted octanol–water partition coefficient (Wildman–Crippen LogP) is 4.34. The monoisotopic (exact) mass is 319 g/mol. The zero-order valence-electron chi connectivity index (χ0n) is 10.9. The molecule has 1 aliphatic rings. The largest absolute Gasteiger partial charge is 0.489 e. The van der Waals surface area contributed by atoms with E-state index < -0.39 is 0 Å². The van der Waals surface area contributed by atoms with Crippen LogP contribution in [0.2, 0.25) is 10.0 Å². The number of hydrogen-bond donors (Lipinski definition) is 2. The van der Waals surface area contributed by atoms with E-state index in [-0.39, 0.29) is 0 Å². The van der Waals surface area contributed by atoms with Crippen LogP contribution in [0.25, 0.3) is 22.4 Å². The second-order valence-corrected chi connectivity index (χ2v) is 5.64. The summed E-state index contributed by atoms with van der Waals surface area (Å²) in [7, 11) is 0. The molecule has 1 aliphatic heterocycles. The number of benzene rings is 2. The number of ether oxygens (including phenoxy) is 1. The minimum absolute atomic E-state index is 0.496. The molecule has 0 fully saturated rings. The molecule has 0 atom stereocenters. The van der Waals surface area contributed by atoms with Gasteiger partial charge in [0.25, 0.3) is 0 Å². The molecule has 0 saturated carbocycles. The number of anilines is 1. The topological polar surface area (TPSA) is 49.9 Å². The fraction of sp³-hybridized carbons (Fsp3) is 0.133. The SMILES string of the molecule is Clc1cc2nc(-c3cccc4c3OCCN4)[nH]c2cc1Cl. The van der Waals surface area contributed by atoms with Crippen LogP contribution in [0.1, 0.15) is 0 Å². The highest BCUT2D eigenvalue weighted by Gasteiger charge is 2.17. The molecule has 0 spiro atoms. The van der Waals surface area contributed by atoms with Gasteiger partial charge in [0.1, 0.15) is 12.4 Å². The molecule has 4 rings (SSSR count). The van der Waals surface area contributed by atoms with Crippen molar-refractivity contribution in [2.45, 2.75) is 0 Å². The van der Waals surface area contributed by atoms with Gasteiger partial charge in [0.05, 0.1) is 32.3 Å². The second-order valence-electron chi connectivity index (χ2n) is 4.83. The Bertz CT molecular complexity index is 805. The van der Waals surface area contributed by atoms with Crippen molar-refractivity contribution in [3.8, 4) is 17.1 Å². The summed E-state index contributed by atoms with van der Waals surface area (Å²) in [5.74, 6) is 1.56. The van der Waals surface area contributed by atoms with Crippen LogP contribution in [0.3, 0.4) is 0 Å². The van der Waals surface area contributed by atoms with E-state index in [0.29, 0.717) is 16.7 Å². The lowest BCUT2D eigenvalue weighted by molar-refractivity contribution is 0.324. The minimum Gasteiger partial charge on any atom is -0.489 e. The first-order chi connectivity index (χ1) is 10.2. The number of hydrogen-bond acceptors (Lipinski definition) is 3. The molecule has 21 heavy (non-hydrogen) atoms. The first-order valence-corrected chi connectivity index (χ1v) is 7.33. The number of H-pyrrole nitrogens is 1. The molecule has 106 valence electrons. The molecular formula is C15H11Cl2N3O. The van der Waals surface area contributed by atoms with Gasteiger partial charge in [-0.2, -0.15) is 0 Å². The summed E-state index contributed by atoms with van der Waals surface area (Å²) in [4.78, 5) is 7.85. The molecule has 0 aliphatic carbocycles. The number of aromatic amines is 1. The van der Waals surface area contributed by atoms with Gasteiger partial charge in [0, 0.05) is 6.54 Å². The summed E-state index contributed by atoms with van der Waals surface area (Å²) in [6.07, 6.45) is 0. The van der Waals surface area contributed by atoms with Crippen LogP contribution in [0, 0.1) is 0 Å². The molecule has 0 unspecified atom stereocenters. The van der Waals surface area contributed by atoms with Crippen LogP contribution < -0.4 is 10.1 Å². The van der Waals surface area contributed by atoms with Crippen LogP contribution in [-0.4, -0.2) is 23.1 Å². The van der Waals surface area contributed by atoms with Gasteiger partial charge < -0.3 is 15.0 Å². The number of aromatic nitrogens is 2. The molecule has 3 aromatic rings. The summed E-state index contributed by atoms with van der Waals surface area (Å²) in [5, 5.41) is 4.32. The number of nitrogens with one attached hydrogen (secondary N) is 2. The van der Waals surface area contributed by atoms with Crippen molar-refractivity contribution >= 4 is 39.9 Å². The molecule has 0 radical (unpaired) electrons. The van der Waals surface area contributed by atoms with E-state index in [2.05, 4.69) is 15.3 Å². The van der Waals surface area contributed by atoms with Gasteiger partial charge in [-0.25, -0.2) is 4.98 Å². The minimum atomic E-state index is 0.496. The maximum absolute atomic E-state index is 6.04. The van der Waals surface area contributed by atoms with Crippen molar-refractivity contribution < 1.29 is 4.74 Å². The fourth-order valence-electron chi connectivity index (χ4n) is 2.49. The number of fused-ring (bicyclic) bond motifs is 2. The maximum Gasteiger partial charge on any atom is 0.153 e. The van der Waals surface area contributed by atoms with Crippen LogP contribution in [0.15, 0.2) is 30.3 Å². The molecule has 0 bridgehead atoms. The van der Waals surface area contributed by atoms with Gasteiger partial charge >= 0.3 is 0 Å². The third-order valence-electron chi connectivity index (χ3n) is 3.46. The molecule has 2 heterocycles. The van der Waals surface area contributed by atoms with Crippen LogP contribution >= 0.6 is 23.2 Å². The van der Waals surface area contributed by atoms with Crippen molar-refractivity contribution in [2.75, 3.05) is 18.5 Å². The highest BCUT2D eigenvalue weighted by Crippen LogP contribution is 2.38. The van der Waals surface area contributed by atoms with Crippen molar-refractivity contribution in [3.63, 3.8) is 0 Å². The van der Waals surface area contributed by atoms with E-state index in [9.17, 15) is 0 Å². The number of nitrogens with zero attached hydrogens (tertiary/aromatic N) is 1. The standard InChI is InChI=1S/C15H11Cl2N3O/c16-9-6-12-13(7-10(9)17)20-15(19-12)8-2-1-3-11-14(8)21-5-4-18-11/h1-3,6-7,18H,4-5H2,(H,19,20). The quantitative estimate of drug-likeness (QED) is 0.701. The highest BCUT2D eigenvalue weighted by molar-refractivity contribution is 6.42. The zero-order chi connectivity index (χ0) is 14.4. The third-order valence-corrected chi connectivity index (χ3v) is 4.18. The summed E-state index contributed by atoms with van der Waals surface area (Å²) in [5.41, 5.74) is 3.53. The Balaban J connectivity index is 1.91. The molecular weight excluding hydrogens is 309 g/mol. The van der Waals surface area contributed by atoms with Crippen molar-refractivity contribution in [1.82, 2.24) is 9.97 Å². The number of para-hydroxylation sites is 1. The van der Waals surface area contributed by atoms with Crippen LogP contribution in [0.5, 0.6) is 5.75 Å². The van der Waals surface area contributed by atoms with Crippen LogP contribution in [-0.2, 0) is 0 Å². The van der Waals surface area contributed by atoms with Gasteiger partial charge in [0.15, 0.2) is 5.75 Å². The summed E-state index contributed by atoms with van der Waals surface area (Å²) >= 11 is 12.1. The molecule has 6 heteroatoms. The lowest BCUT2D eigenvalue weighted by Gasteiger charge is -2.20. The summed E-state index contributed by atoms with van der Waals surface area (Å²) in [6, 6.07) is 9.49. The lowest BCUT2D eigenvalue weighted by Crippen LogP contribution is -2.18. The van der Waals surface area contributed by atoms with Gasteiger partial charge in [-0.05, 0) is 24.3 Å². The Kier molecular flexibility index (Phi) is 2.94. The smallest absolute Gasteiger partial charge is 0.153 e. The van der Waals surface area contributed by atoms with E-state index in [0.717, 1.165) is 40.4 Å². The first kappa shape index (κ1) is 12.8. The van der Waals surface area contributed by atoms with Crippen molar-refractivity contribution in [3.05, 3.63) is 40.4 Å². The molecule has 4 nitrogen and oxygen atoms in total. The Hall–Kier alpha value is -1.91. The number of imidazole rings is 1. The van der Waals surface area contributed by atoms with E-state index in [1.54, 1.807) is 12.1 Å². The molecule has 0 saturated heterocycles. The first-order valence-electron chi connectivity index (χ1n) is 6.57. The van der Waals surface area contributed by atoms with Crippen LogP contribution in [0.4, 0.5) is 5.69 Å². The molecule has 2 N–H and O–H groups in total. The Morgan fingerprint density at radius 3 is 2.90 bits per heavy atom. The third kappa shape index (κ3) is 2.11. The number of rotatable bonds is 1. The summed E-state index contributed by atoms with van der Waals surface area (Å²) in [6.45, 7) is 1.45. The zero-order valence-corrected chi connectivity index (χ0v) is 12.4. The fourth-order valence-corrected chi connectivity index (χ4v) is 2.81. The van der Waals surface area contributed by atoms with Gasteiger partial charge in [-0.15, -0.1) is 0 Å².